The van der Waals surface area contributed by atoms with E-state index in [2.05, 4.69) is 4.98 Å². The molecule has 0 N–H and O–H groups in total. The van der Waals surface area contributed by atoms with Gasteiger partial charge in [-0.3, -0.25) is 9.78 Å². The lowest BCUT2D eigenvalue weighted by atomic mass is 10.00. The minimum atomic E-state index is -0.933. The van der Waals surface area contributed by atoms with Crippen LogP contribution in [0.1, 0.15) is 33.7 Å². The lowest BCUT2D eigenvalue weighted by Gasteiger charge is -2.30. The maximum atomic E-state index is 13.6. The second-order valence-corrected chi connectivity index (χ2v) is 5.54. The number of carbonyl (C=O) groups is 1. The third-order valence-electron chi connectivity index (χ3n) is 3.94. The topological polar surface area (TPSA) is 33.2 Å². The number of halogens is 2. The van der Waals surface area contributed by atoms with Crippen LogP contribution in [0.25, 0.3) is 0 Å². The van der Waals surface area contributed by atoms with E-state index in [0.29, 0.717) is 35.5 Å². The van der Waals surface area contributed by atoms with E-state index in [-0.39, 0.29) is 5.91 Å². The minimum Gasteiger partial charge on any atom is -0.308 e. The van der Waals surface area contributed by atoms with Crippen molar-refractivity contribution < 1.29 is 13.6 Å². The third-order valence-corrected chi connectivity index (χ3v) is 3.94. The SMILES string of the molecule is Cc1ccc(C(=O)N2CCCc3cc(F)c(F)cc32)c(C)n1. The van der Waals surface area contributed by atoms with Gasteiger partial charge in [-0.15, -0.1) is 0 Å². The summed E-state index contributed by atoms with van der Waals surface area (Å²) in [5.74, 6) is -2.03. The molecule has 5 heteroatoms. The van der Waals surface area contributed by atoms with Crippen molar-refractivity contribution in [2.75, 3.05) is 11.4 Å². The number of fused-ring (bicyclic) bond motifs is 1. The normalized spacial score (nSPS) is 13.9. The number of anilines is 1. The Hall–Kier alpha value is -2.30. The van der Waals surface area contributed by atoms with Gasteiger partial charge in [0.25, 0.3) is 5.91 Å². The fourth-order valence-electron chi connectivity index (χ4n) is 2.85. The molecular formula is C17H16F2N2O. The third kappa shape index (κ3) is 2.47. The van der Waals surface area contributed by atoms with Crippen LogP contribution in [-0.2, 0) is 6.42 Å². The first kappa shape index (κ1) is 14.6. The summed E-state index contributed by atoms with van der Waals surface area (Å²) in [6, 6.07) is 5.80. The first-order valence-electron chi connectivity index (χ1n) is 7.21. The Morgan fingerprint density at radius 1 is 1.18 bits per heavy atom. The quantitative estimate of drug-likeness (QED) is 0.807. The van der Waals surface area contributed by atoms with Crippen LogP contribution in [0.2, 0.25) is 0 Å². The Bertz CT molecular complexity index is 759. The summed E-state index contributed by atoms with van der Waals surface area (Å²) in [5.41, 5.74) is 3.08. The van der Waals surface area contributed by atoms with Crippen molar-refractivity contribution in [3.05, 3.63) is 58.4 Å². The molecule has 2 aromatic rings. The molecule has 0 aliphatic carbocycles. The van der Waals surface area contributed by atoms with Gasteiger partial charge in [-0.2, -0.15) is 0 Å². The predicted octanol–water partition coefficient (Wildman–Crippen LogP) is 3.57. The monoisotopic (exact) mass is 302 g/mol. The highest BCUT2D eigenvalue weighted by Gasteiger charge is 2.26. The molecule has 114 valence electrons. The van der Waals surface area contributed by atoms with E-state index in [0.717, 1.165) is 18.2 Å². The van der Waals surface area contributed by atoms with E-state index in [9.17, 15) is 13.6 Å². The Kier molecular flexibility index (Phi) is 3.64. The molecule has 3 nitrogen and oxygen atoms in total. The molecule has 0 fully saturated rings. The Labute approximate surface area is 127 Å². The molecule has 1 amide bonds. The predicted molar refractivity (Wildman–Crippen MR) is 80.1 cm³/mol. The summed E-state index contributed by atoms with van der Waals surface area (Å²) < 4.78 is 26.9. The lowest BCUT2D eigenvalue weighted by Crippen LogP contribution is -2.36. The summed E-state index contributed by atoms with van der Waals surface area (Å²) >= 11 is 0. The molecule has 0 atom stereocenters. The summed E-state index contributed by atoms with van der Waals surface area (Å²) in [7, 11) is 0. The van der Waals surface area contributed by atoms with Gasteiger partial charge in [0.05, 0.1) is 16.9 Å². The second kappa shape index (κ2) is 5.48. The number of rotatable bonds is 1. The maximum absolute atomic E-state index is 13.6. The van der Waals surface area contributed by atoms with Crippen molar-refractivity contribution in [1.82, 2.24) is 4.98 Å². The van der Waals surface area contributed by atoms with E-state index >= 15 is 0 Å². The average molecular weight is 302 g/mol. The van der Waals surface area contributed by atoms with Crippen LogP contribution in [-0.4, -0.2) is 17.4 Å². The van der Waals surface area contributed by atoms with Gasteiger partial charge in [0.1, 0.15) is 0 Å². The first-order chi connectivity index (χ1) is 10.5. The number of hydrogen-bond acceptors (Lipinski definition) is 2. The summed E-state index contributed by atoms with van der Waals surface area (Å²) in [5, 5.41) is 0. The number of aromatic nitrogens is 1. The van der Waals surface area contributed by atoms with Crippen LogP contribution in [0, 0.1) is 25.5 Å². The molecule has 22 heavy (non-hydrogen) atoms. The van der Waals surface area contributed by atoms with Gasteiger partial charge in [0.15, 0.2) is 11.6 Å². The summed E-state index contributed by atoms with van der Waals surface area (Å²) in [6.45, 7) is 4.12. The Morgan fingerprint density at radius 3 is 2.64 bits per heavy atom. The molecule has 2 heterocycles. The van der Waals surface area contributed by atoms with Crippen LogP contribution < -0.4 is 4.90 Å². The Balaban J connectivity index is 2.03. The molecule has 0 unspecified atom stereocenters. The van der Waals surface area contributed by atoms with E-state index in [4.69, 9.17) is 0 Å². The van der Waals surface area contributed by atoms with Gasteiger partial charge in [-0.25, -0.2) is 8.78 Å². The largest absolute Gasteiger partial charge is 0.308 e. The van der Waals surface area contributed by atoms with Crippen molar-refractivity contribution >= 4 is 11.6 Å². The molecule has 0 radical (unpaired) electrons. The number of aryl methyl sites for hydroxylation is 3. The smallest absolute Gasteiger partial charge is 0.260 e. The van der Waals surface area contributed by atoms with Crippen molar-refractivity contribution in [3.8, 4) is 0 Å². The average Bonchev–Trinajstić information content (AvgIpc) is 2.47. The highest BCUT2D eigenvalue weighted by Crippen LogP contribution is 2.30. The van der Waals surface area contributed by atoms with E-state index in [1.807, 2.05) is 6.92 Å². The van der Waals surface area contributed by atoms with E-state index in [1.54, 1.807) is 19.1 Å². The number of benzene rings is 1. The van der Waals surface area contributed by atoms with Crippen molar-refractivity contribution in [2.24, 2.45) is 0 Å². The van der Waals surface area contributed by atoms with Gasteiger partial charge in [-0.1, -0.05) is 0 Å². The molecule has 0 spiro atoms. The molecule has 1 aliphatic rings. The van der Waals surface area contributed by atoms with Crippen LogP contribution in [0.5, 0.6) is 0 Å². The molecule has 1 aromatic carbocycles. The maximum Gasteiger partial charge on any atom is 0.260 e. The number of nitrogens with zero attached hydrogens (tertiary/aromatic N) is 2. The minimum absolute atomic E-state index is 0.225. The van der Waals surface area contributed by atoms with Crippen LogP contribution in [0.3, 0.4) is 0 Å². The highest BCUT2D eigenvalue weighted by molar-refractivity contribution is 6.07. The van der Waals surface area contributed by atoms with Crippen molar-refractivity contribution in [3.63, 3.8) is 0 Å². The van der Waals surface area contributed by atoms with Gasteiger partial charge in [-0.05, 0) is 50.5 Å². The van der Waals surface area contributed by atoms with Crippen molar-refractivity contribution in [1.29, 1.82) is 0 Å². The number of amides is 1. The standard InChI is InChI=1S/C17H16F2N2O/c1-10-5-6-13(11(2)20-10)17(22)21-7-3-4-12-8-14(18)15(19)9-16(12)21/h5-6,8-9H,3-4,7H2,1-2H3. The zero-order valence-corrected chi connectivity index (χ0v) is 12.5. The number of carbonyl (C=O) groups excluding carboxylic acids is 1. The number of pyridine rings is 1. The fraction of sp³-hybridized carbons (Fsp3) is 0.294. The molecule has 1 aliphatic heterocycles. The molecule has 1 aromatic heterocycles. The second-order valence-electron chi connectivity index (χ2n) is 5.54. The van der Waals surface area contributed by atoms with Crippen molar-refractivity contribution in [2.45, 2.75) is 26.7 Å². The zero-order valence-electron chi connectivity index (χ0n) is 12.5. The van der Waals surface area contributed by atoms with Crippen LogP contribution in [0.4, 0.5) is 14.5 Å². The van der Waals surface area contributed by atoms with Gasteiger partial charge in [0, 0.05) is 18.3 Å². The molecular weight excluding hydrogens is 286 g/mol. The Morgan fingerprint density at radius 2 is 1.91 bits per heavy atom. The summed E-state index contributed by atoms with van der Waals surface area (Å²) in [6.07, 6.45) is 1.36. The van der Waals surface area contributed by atoms with E-state index in [1.165, 1.54) is 11.0 Å². The first-order valence-corrected chi connectivity index (χ1v) is 7.21. The van der Waals surface area contributed by atoms with Gasteiger partial charge >= 0.3 is 0 Å². The fourth-order valence-corrected chi connectivity index (χ4v) is 2.85. The van der Waals surface area contributed by atoms with Crippen LogP contribution >= 0.6 is 0 Å². The summed E-state index contributed by atoms with van der Waals surface area (Å²) in [4.78, 5) is 18.6. The van der Waals surface area contributed by atoms with Gasteiger partial charge < -0.3 is 4.90 Å². The molecule has 0 saturated carbocycles. The zero-order chi connectivity index (χ0) is 15.9. The van der Waals surface area contributed by atoms with Crippen LogP contribution in [0.15, 0.2) is 24.3 Å². The number of hydrogen-bond donors (Lipinski definition) is 0. The highest BCUT2D eigenvalue weighted by atomic mass is 19.2. The molecule has 3 rings (SSSR count). The van der Waals surface area contributed by atoms with Gasteiger partial charge in [0.2, 0.25) is 0 Å². The molecule has 0 bridgehead atoms. The van der Waals surface area contributed by atoms with E-state index < -0.39 is 11.6 Å². The molecule has 0 saturated heterocycles. The lowest BCUT2D eigenvalue weighted by molar-refractivity contribution is 0.0984.